The van der Waals surface area contributed by atoms with Crippen molar-refractivity contribution in [1.29, 1.82) is 0 Å². The van der Waals surface area contributed by atoms with E-state index in [9.17, 15) is 5.11 Å². The van der Waals surface area contributed by atoms with Gasteiger partial charge in [-0.3, -0.25) is 0 Å². The number of phenolic OH excluding ortho intramolecular Hbond substituents is 1. The Morgan fingerprint density at radius 2 is 1.62 bits per heavy atom. The molecule has 118 valence electrons. The molecule has 3 aromatic rings. The Bertz CT molecular complexity index is 862. The van der Waals surface area contributed by atoms with Crippen molar-refractivity contribution in [2.45, 2.75) is 12.5 Å². The first-order valence-corrected chi connectivity index (χ1v) is 7.94. The van der Waals surface area contributed by atoms with Crippen LogP contribution in [0.1, 0.15) is 23.6 Å². The van der Waals surface area contributed by atoms with Gasteiger partial charge in [0.2, 0.25) is 0 Å². The zero-order valence-corrected chi connectivity index (χ0v) is 13.1. The first-order valence-electron chi connectivity index (χ1n) is 7.94. The van der Waals surface area contributed by atoms with Crippen molar-refractivity contribution in [3.8, 4) is 5.75 Å². The van der Waals surface area contributed by atoms with E-state index in [1.807, 2.05) is 59.6 Å². The van der Waals surface area contributed by atoms with Crippen molar-refractivity contribution < 1.29 is 5.11 Å². The lowest BCUT2D eigenvalue weighted by molar-refractivity contribution is 0.474. The Balaban J connectivity index is 1.77. The second-order valence-electron chi connectivity index (χ2n) is 5.73. The number of aromatic hydroxyl groups is 1. The lowest BCUT2D eigenvalue weighted by Crippen LogP contribution is -2.19. The molecular formula is C20H17N3O. The van der Waals surface area contributed by atoms with Crippen molar-refractivity contribution in [2.24, 2.45) is 5.10 Å². The van der Waals surface area contributed by atoms with Gasteiger partial charge in [0.1, 0.15) is 11.6 Å². The van der Waals surface area contributed by atoms with Gasteiger partial charge in [0.25, 0.3) is 0 Å². The molecule has 0 aliphatic carbocycles. The van der Waals surface area contributed by atoms with E-state index in [1.165, 1.54) is 5.56 Å². The molecule has 4 heteroatoms. The molecule has 0 saturated heterocycles. The quantitative estimate of drug-likeness (QED) is 0.790. The second kappa shape index (κ2) is 6.16. The van der Waals surface area contributed by atoms with E-state index in [0.29, 0.717) is 0 Å². The predicted molar refractivity (Wildman–Crippen MR) is 95.2 cm³/mol. The summed E-state index contributed by atoms with van der Waals surface area (Å²) in [6, 6.07) is 23.5. The summed E-state index contributed by atoms with van der Waals surface area (Å²) >= 11 is 0. The van der Waals surface area contributed by atoms with E-state index in [0.717, 1.165) is 23.5 Å². The van der Waals surface area contributed by atoms with E-state index in [1.54, 1.807) is 12.3 Å². The highest BCUT2D eigenvalue weighted by atomic mass is 16.3. The largest absolute Gasteiger partial charge is 0.507 e. The Morgan fingerprint density at radius 1 is 0.875 bits per heavy atom. The molecule has 2 aromatic carbocycles. The minimum Gasteiger partial charge on any atom is -0.507 e. The Kier molecular flexibility index (Phi) is 3.71. The maximum Gasteiger partial charge on any atom is 0.149 e. The summed E-state index contributed by atoms with van der Waals surface area (Å²) in [5, 5.41) is 16.9. The minimum absolute atomic E-state index is 0.0655. The molecule has 1 aliphatic heterocycles. The number of hydrazone groups is 1. The van der Waals surface area contributed by atoms with Gasteiger partial charge in [0.15, 0.2) is 0 Å². The van der Waals surface area contributed by atoms with Gasteiger partial charge in [-0.15, -0.1) is 0 Å². The molecule has 2 heterocycles. The van der Waals surface area contributed by atoms with E-state index in [-0.39, 0.29) is 11.8 Å². The summed E-state index contributed by atoms with van der Waals surface area (Å²) in [5.74, 6) is 1.06. The number of benzene rings is 2. The second-order valence-corrected chi connectivity index (χ2v) is 5.73. The zero-order valence-electron chi connectivity index (χ0n) is 13.1. The first kappa shape index (κ1) is 14.5. The van der Waals surface area contributed by atoms with Crippen LogP contribution in [0.4, 0.5) is 5.82 Å². The highest BCUT2D eigenvalue weighted by molar-refractivity contribution is 6.05. The number of aromatic nitrogens is 1. The van der Waals surface area contributed by atoms with Crippen molar-refractivity contribution in [3.05, 3.63) is 90.1 Å². The first-order chi connectivity index (χ1) is 11.8. The molecule has 1 aliphatic rings. The molecule has 24 heavy (non-hydrogen) atoms. The molecule has 1 N–H and O–H groups in total. The van der Waals surface area contributed by atoms with Crippen LogP contribution >= 0.6 is 0 Å². The molecule has 0 radical (unpaired) electrons. The normalized spacial score (nSPS) is 16.9. The van der Waals surface area contributed by atoms with Crippen LogP contribution in [0.2, 0.25) is 0 Å². The van der Waals surface area contributed by atoms with Crippen LogP contribution in [-0.2, 0) is 0 Å². The third kappa shape index (κ3) is 2.63. The molecule has 4 rings (SSSR count). The molecule has 0 fully saturated rings. The lowest BCUT2D eigenvalue weighted by atomic mass is 9.98. The Morgan fingerprint density at radius 3 is 2.38 bits per heavy atom. The molecule has 0 bridgehead atoms. The number of nitrogens with zero attached hydrogens (tertiary/aromatic N) is 3. The molecule has 1 unspecified atom stereocenters. The molecule has 0 amide bonds. The summed E-state index contributed by atoms with van der Waals surface area (Å²) in [7, 11) is 0. The molecule has 0 spiro atoms. The summed E-state index contributed by atoms with van der Waals surface area (Å²) in [6.45, 7) is 0. The van der Waals surface area contributed by atoms with Gasteiger partial charge in [-0.2, -0.15) is 5.10 Å². The van der Waals surface area contributed by atoms with Crippen molar-refractivity contribution in [1.82, 2.24) is 4.98 Å². The van der Waals surface area contributed by atoms with Crippen molar-refractivity contribution in [3.63, 3.8) is 0 Å². The van der Waals surface area contributed by atoms with Crippen LogP contribution in [0.15, 0.2) is 84.1 Å². The monoisotopic (exact) mass is 315 g/mol. The van der Waals surface area contributed by atoms with Crippen molar-refractivity contribution >= 4 is 11.5 Å². The maximum atomic E-state index is 10.2. The van der Waals surface area contributed by atoms with Gasteiger partial charge in [0.05, 0.1) is 11.8 Å². The van der Waals surface area contributed by atoms with Crippen LogP contribution in [-0.4, -0.2) is 15.8 Å². The molecule has 1 atom stereocenters. The van der Waals surface area contributed by atoms with Gasteiger partial charge < -0.3 is 5.11 Å². The van der Waals surface area contributed by atoms with E-state index in [2.05, 4.69) is 17.1 Å². The maximum absolute atomic E-state index is 10.2. The average Bonchev–Trinajstić information content (AvgIpc) is 3.09. The minimum atomic E-state index is 0.0655. The number of anilines is 1. The number of hydrogen-bond acceptors (Lipinski definition) is 4. The molecule has 0 saturated carbocycles. The summed E-state index contributed by atoms with van der Waals surface area (Å²) in [6.07, 6.45) is 2.49. The smallest absolute Gasteiger partial charge is 0.149 e. The number of pyridine rings is 1. The summed E-state index contributed by atoms with van der Waals surface area (Å²) < 4.78 is 0. The van der Waals surface area contributed by atoms with Crippen LogP contribution in [0.3, 0.4) is 0 Å². The third-order valence-corrected chi connectivity index (χ3v) is 4.19. The highest BCUT2D eigenvalue weighted by Gasteiger charge is 2.31. The van der Waals surface area contributed by atoms with Crippen LogP contribution in [0.25, 0.3) is 0 Å². The fourth-order valence-electron chi connectivity index (χ4n) is 3.03. The zero-order chi connectivity index (χ0) is 16.4. The molecule has 4 nitrogen and oxygen atoms in total. The SMILES string of the molecule is Oc1ccccc1C1=NN(c2ccccn2)C(c2ccccc2)C1. The summed E-state index contributed by atoms with van der Waals surface area (Å²) in [4.78, 5) is 4.44. The fraction of sp³-hybridized carbons (Fsp3) is 0.100. The van der Waals surface area contributed by atoms with Crippen LogP contribution in [0.5, 0.6) is 5.75 Å². The fourth-order valence-corrected chi connectivity index (χ4v) is 3.03. The van der Waals surface area contributed by atoms with Gasteiger partial charge in [-0.05, 0) is 29.8 Å². The predicted octanol–water partition coefficient (Wildman–Crippen LogP) is 4.14. The number of rotatable bonds is 3. The molecule has 1 aromatic heterocycles. The van der Waals surface area contributed by atoms with E-state index >= 15 is 0 Å². The van der Waals surface area contributed by atoms with Gasteiger partial charge in [0, 0.05) is 18.2 Å². The Hall–Kier alpha value is -3.14. The number of phenols is 1. The van der Waals surface area contributed by atoms with Crippen molar-refractivity contribution in [2.75, 3.05) is 5.01 Å². The van der Waals surface area contributed by atoms with E-state index in [4.69, 9.17) is 5.10 Å². The Labute approximate surface area is 140 Å². The average molecular weight is 315 g/mol. The topological polar surface area (TPSA) is 48.7 Å². The highest BCUT2D eigenvalue weighted by Crippen LogP contribution is 2.36. The number of para-hydroxylation sites is 1. The molecular weight excluding hydrogens is 298 g/mol. The van der Waals surface area contributed by atoms with Gasteiger partial charge in [-0.25, -0.2) is 9.99 Å². The van der Waals surface area contributed by atoms with Crippen LogP contribution in [0, 0.1) is 0 Å². The standard InChI is InChI=1S/C20H17N3O/c24-19-11-5-4-10-16(19)17-14-18(15-8-2-1-3-9-15)23(22-17)20-12-6-7-13-21-20/h1-13,18,24H,14H2. The third-order valence-electron chi connectivity index (χ3n) is 4.19. The van der Waals surface area contributed by atoms with Crippen LogP contribution < -0.4 is 5.01 Å². The van der Waals surface area contributed by atoms with Gasteiger partial charge >= 0.3 is 0 Å². The lowest BCUT2D eigenvalue weighted by Gasteiger charge is -2.22. The summed E-state index contributed by atoms with van der Waals surface area (Å²) in [5.41, 5.74) is 2.82. The number of hydrogen-bond donors (Lipinski definition) is 1. The van der Waals surface area contributed by atoms with E-state index < -0.39 is 0 Å². The van der Waals surface area contributed by atoms with Gasteiger partial charge in [-0.1, -0.05) is 48.5 Å².